The third kappa shape index (κ3) is 8.49. The van der Waals surface area contributed by atoms with Gasteiger partial charge in [0.1, 0.15) is 5.56 Å². The molecule has 0 unspecified atom stereocenters. The Hall–Kier alpha value is -4.12. The highest BCUT2D eigenvalue weighted by Gasteiger charge is 2.17. The Labute approximate surface area is 262 Å². The van der Waals surface area contributed by atoms with Gasteiger partial charge in [-0.2, -0.15) is 4.98 Å². The topological polar surface area (TPSA) is 130 Å². The van der Waals surface area contributed by atoms with E-state index in [9.17, 15) is 9.59 Å². The molecule has 1 aliphatic heterocycles. The van der Waals surface area contributed by atoms with Crippen molar-refractivity contribution in [3.63, 3.8) is 0 Å². The Balaban J connectivity index is 0.000000842. The summed E-state index contributed by atoms with van der Waals surface area (Å²) in [5, 5.41) is 12.1. The second kappa shape index (κ2) is 15.6. The fraction of sp³-hybridized carbons (Fsp3) is 0.412. The van der Waals surface area contributed by atoms with E-state index >= 15 is 0 Å². The van der Waals surface area contributed by atoms with Gasteiger partial charge in [0.05, 0.1) is 11.5 Å². The number of nitrogens with one attached hydrogen (secondary N) is 1. The van der Waals surface area contributed by atoms with E-state index in [1.807, 2.05) is 50.2 Å². The van der Waals surface area contributed by atoms with Crippen LogP contribution in [0.4, 0.5) is 11.6 Å². The summed E-state index contributed by atoms with van der Waals surface area (Å²) in [6.45, 7) is 11.6. The maximum Gasteiger partial charge on any atom is 0.254 e. The number of aliphatic hydroxyl groups is 1. The number of benzene rings is 2. The van der Waals surface area contributed by atoms with Gasteiger partial charge < -0.3 is 30.5 Å². The van der Waals surface area contributed by atoms with Crippen LogP contribution in [-0.2, 0) is 12.8 Å². The average Bonchev–Trinajstić information content (AvgIpc) is 3.05. The van der Waals surface area contributed by atoms with Crippen LogP contribution in [0.1, 0.15) is 58.0 Å². The van der Waals surface area contributed by atoms with Gasteiger partial charge in [-0.25, -0.2) is 4.98 Å². The summed E-state index contributed by atoms with van der Waals surface area (Å²) in [5.41, 5.74) is 9.38. The summed E-state index contributed by atoms with van der Waals surface area (Å²) in [6, 6.07) is 16.1. The zero-order valence-electron chi connectivity index (χ0n) is 26.3. The van der Waals surface area contributed by atoms with E-state index in [0.29, 0.717) is 11.6 Å². The smallest absolute Gasteiger partial charge is 0.254 e. The Morgan fingerprint density at radius 2 is 1.64 bits per heavy atom. The molecule has 44 heavy (non-hydrogen) atoms. The summed E-state index contributed by atoms with van der Waals surface area (Å²) in [4.78, 5) is 38.8. The minimum atomic E-state index is -0.786. The minimum absolute atomic E-state index is 0. The van der Waals surface area contributed by atoms with E-state index in [-0.39, 0.29) is 19.9 Å². The van der Waals surface area contributed by atoms with Gasteiger partial charge in [-0.05, 0) is 68.1 Å². The molecular formula is C34H49N7O3. The van der Waals surface area contributed by atoms with Crippen LogP contribution in [0.15, 0.2) is 65.7 Å². The van der Waals surface area contributed by atoms with Crippen LogP contribution in [0.5, 0.6) is 0 Å². The highest BCUT2D eigenvalue weighted by atomic mass is 16.3. The molecule has 10 nitrogen and oxygen atoms in total. The van der Waals surface area contributed by atoms with Gasteiger partial charge in [0.2, 0.25) is 11.4 Å². The Bertz CT molecular complexity index is 1590. The fourth-order valence-corrected chi connectivity index (χ4v) is 4.97. The number of aryl methyl sites for hydroxylation is 1. The first-order valence-corrected chi connectivity index (χ1v) is 15.5. The number of likely N-dealkylation sites (N-methyl/N-ethyl adjacent to an activating group) is 1. The molecule has 1 amide bonds. The zero-order valence-corrected chi connectivity index (χ0v) is 26.3. The third-order valence-electron chi connectivity index (χ3n) is 8.10. The van der Waals surface area contributed by atoms with Gasteiger partial charge in [-0.3, -0.25) is 9.59 Å². The molecule has 0 aliphatic carbocycles. The number of aromatic nitrogens is 3. The molecule has 3 heterocycles. The summed E-state index contributed by atoms with van der Waals surface area (Å²) in [5.74, 6) is -0.432. The van der Waals surface area contributed by atoms with Crippen LogP contribution in [0.3, 0.4) is 0 Å². The van der Waals surface area contributed by atoms with E-state index in [1.165, 1.54) is 23.5 Å². The van der Waals surface area contributed by atoms with Gasteiger partial charge >= 0.3 is 0 Å². The molecule has 0 radical (unpaired) electrons. The van der Waals surface area contributed by atoms with Crippen molar-refractivity contribution in [2.24, 2.45) is 5.73 Å². The molecule has 10 heteroatoms. The van der Waals surface area contributed by atoms with Crippen molar-refractivity contribution in [2.75, 3.05) is 45.1 Å². The summed E-state index contributed by atoms with van der Waals surface area (Å²) >= 11 is 0. The minimum Gasteiger partial charge on any atom is -0.393 e. The van der Waals surface area contributed by atoms with Gasteiger partial charge in [0.25, 0.3) is 5.91 Å². The molecule has 0 saturated carbocycles. The Morgan fingerprint density at radius 3 is 2.20 bits per heavy atom. The number of nitrogens with zero attached hydrogens (tertiary/aromatic N) is 5. The molecule has 2 aromatic heterocycles. The van der Waals surface area contributed by atoms with Crippen molar-refractivity contribution in [3.8, 4) is 5.69 Å². The van der Waals surface area contributed by atoms with Crippen LogP contribution in [0.25, 0.3) is 16.7 Å². The molecule has 1 fully saturated rings. The number of primary amides is 1. The fourth-order valence-electron chi connectivity index (χ4n) is 4.97. The lowest BCUT2D eigenvalue weighted by molar-refractivity contribution is 0.0999. The quantitative estimate of drug-likeness (QED) is 0.239. The molecule has 4 aromatic rings. The number of nitrogens with two attached hydrogens (primary N) is 1. The molecule has 5 rings (SSSR count). The van der Waals surface area contributed by atoms with Crippen molar-refractivity contribution in [1.29, 1.82) is 0 Å². The molecule has 0 spiro atoms. The summed E-state index contributed by atoms with van der Waals surface area (Å²) in [6.07, 6.45) is 6.52. The lowest BCUT2D eigenvalue weighted by Gasteiger charge is -2.32. The first-order valence-electron chi connectivity index (χ1n) is 15.5. The van der Waals surface area contributed by atoms with Crippen LogP contribution >= 0.6 is 0 Å². The molecule has 0 bridgehead atoms. The number of amides is 1. The molecule has 1 aliphatic rings. The number of aliphatic hydroxyl groups excluding tert-OH is 1. The maximum absolute atomic E-state index is 12.9. The van der Waals surface area contributed by atoms with Gasteiger partial charge in [-0.15, -0.1) is 0 Å². The van der Waals surface area contributed by atoms with E-state index < -0.39 is 11.3 Å². The van der Waals surface area contributed by atoms with Gasteiger partial charge in [0.15, 0.2) is 5.65 Å². The maximum atomic E-state index is 12.9. The molecular weight excluding hydrogens is 554 g/mol. The lowest BCUT2D eigenvalue weighted by atomic mass is 10.1. The Morgan fingerprint density at radius 1 is 1.00 bits per heavy atom. The molecule has 4 N–H and O–H groups in total. The highest BCUT2D eigenvalue weighted by molar-refractivity contribution is 5.96. The average molecular weight is 604 g/mol. The standard InChI is InChI=1S/C29H33N7O2.C5H12O.2H2/c1-3-20-6-10-23(11-7-20)36-19-25(27(30)38)26(37)24-18-31-29(33-28(24)36)32-22-8-4-21(5-9-22)12-13-35-16-14-34(2)15-17-35;1-3-5(6)4-2;;/h4-11,18-19H,3,12-17H2,1-2H3,(H2,30,38)(H,31,32,33);5-6H,3-4H2,1-2H3;2*1H. The first kappa shape index (κ1) is 32.8. The highest BCUT2D eigenvalue weighted by Crippen LogP contribution is 2.20. The van der Waals surface area contributed by atoms with E-state index in [2.05, 4.69) is 51.2 Å². The van der Waals surface area contributed by atoms with Crippen molar-refractivity contribution in [3.05, 3.63) is 87.8 Å². The van der Waals surface area contributed by atoms with E-state index in [1.54, 1.807) is 4.57 Å². The first-order chi connectivity index (χ1) is 21.2. The second-order valence-corrected chi connectivity index (χ2v) is 11.2. The molecule has 1 saturated heterocycles. The van der Waals surface area contributed by atoms with Crippen LogP contribution in [0.2, 0.25) is 0 Å². The number of piperazine rings is 1. The predicted octanol–water partition coefficient (Wildman–Crippen LogP) is 4.63. The molecule has 238 valence electrons. The third-order valence-corrected chi connectivity index (χ3v) is 8.10. The number of pyridine rings is 1. The van der Waals surface area contributed by atoms with Crippen LogP contribution in [0, 0.1) is 0 Å². The van der Waals surface area contributed by atoms with Gasteiger partial charge in [-0.1, -0.05) is 45.0 Å². The number of anilines is 2. The second-order valence-electron chi connectivity index (χ2n) is 11.2. The number of rotatable bonds is 10. The van der Waals surface area contributed by atoms with E-state index in [0.717, 1.165) is 69.8 Å². The van der Waals surface area contributed by atoms with Crippen molar-refractivity contribution in [1.82, 2.24) is 24.3 Å². The predicted molar refractivity (Wildman–Crippen MR) is 181 cm³/mol. The summed E-state index contributed by atoms with van der Waals surface area (Å²) in [7, 11) is 2.17. The number of carbonyl (C=O) groups is 1. The lowest BCUT2D eigenvalue weighted by Crippen LogP contribution is -2.45. The van der Waals surface area contributed by atoms with Crippen LogP contribution in [-0.4, -0.2) is 81.2 Å². The number of hydrogen-bond donors (Lipinski definition) is 3. The van der Waals surface area contributed by atoms with Crippen LogP contribution < -0.4 is 16.5 Å². The van der Waals surface area contributed by atoms with Crippen molar-refractivity contribution < 1.29 is 12.8 Å². The Kier molecular flexibility index (Phi) is 11.6. The zero-order chi connectivity index (χ0) is 31.6. The van der Waals surface area contributed by atoms with Crippen molar-refractivity contribution in [2.45, 2.75) is 52.6 Å². The SMILES string of the molecule is CCC(O)CC.CCc1ccc(-n2cc(C(N)=O)c(=O)c3cnc(Nc4ccc(CCN5CCN(C)CC5)cc4)nc32)cc1.[HH].[HH]. The van der Waals surface area contributed by atoms with Crippen molar-refractivity contribution >= 4 is 28.6 Å². The number of hydrogen-bond acceptors (Lipinski definition) is 8. The monoisotopic (exact) mass is 603 g/mol. The molecule has 2 aromatic carbocycles. The summed E-state index contributed by atoms with van der Waals surface area (Å²) < 4.78 is 1.71. The molecule has 0 atom stereocenters. The number of fused-ring (bicyclic) bond motifs is 1. The largest absolute Gasteiger partial charge is 0.393 e. The normalized spacial score (nSPS) is 14.0. The number of carbonyl (C=O) groups excluding carboxylic acids is 1. The van der Waals surface area contributed by atoms with Gasteiger partial charge in [0, 0.05) is 59.3 Å². The van der Waals surface area contributed by atoms with E-state index in [4.69, 9.17) is 10.8 Å².